The maximum Gasteiger partial charge on any atom is 0.0823 e. The lowest BCUT2D eigenvalue weighted by Crippen LogP contribution is -1.97. The van der Waals surface area contributed by atoms with Gasteiger partial charge >= 0.3 is 0 Å². The van der Waals surface area contributed by atoms with E-state index in [1.54, 1.807) is 0 Å². The highest BCUT2D eigenvalue weighted by atomic mass is 15.0. The van der Waals surface area contributed by atoms with E-state index >= 15 is 0 Å². The first kappa shape index (κ1) is 23.1. The summed E-state index contributed by atoms with van der Waals surface area (Å²) in [5.74, 6) is 0. The van der Waals surface area contributed by atoms with E-state index in [1.165, 1.54) is 48.9 Å². The fourth-order valence-corrected chi connectivity index (χ4v) is 6.77. The summed E-state index contributed by atoms with van der Waals surface area (Å²) in [7, 11) is 0. The smallest absolute Gasteiger partial charge is 0.0823 e. The van der Waals surface area contributed by atoms with Gasteiger partial charge in [-0.1, -0.05) is 103 Å². The third-order valence-corrected chi connectivity index (χ3v) is 8.54. The van der Waals surface area contributed by atoms with Crippen LogP contribution in [0.4, 0.5) is 0 Å². The molecule has 3 aromatic heterocycles. The normalized spacial score (nSPS) is 11.8. The zero-order valence-corrected chi connectivity index (χ0v) is 22.8. The molecule has 6 aromatic carbocycles. The van der Waals surface area contributed by atoms with Crippen molar-refractivity contribution in [3.8, 4) is 22.6 Å². The maximum atomic E-state index is 5.11. The monoisotopic (exact) mass is 535 g/mol. The number of nitrogens with zero attached hydrogens (tertiary/aromatic N) is 3. The Morgan fingerprint density at radius 3 is 1.98 bits per heavy atom. The molecule has 0 saturated carbocycles. The van der Waals surface area contributed by atoms with Crippen LogP contribution in [0.5, 0.6) is 0 Å². The number of hydrogen-bond acceptors (Lipinski definition) is 1. The first-order valence-corrected chi connectivity index (χ1v) is 14.3. The Kier molecular flexibility index (Phi) is 4.90. The van der Waals surface area contributed by atoms with Gasteiger partial charge in [0.15, 0.2) is 0 Å². The summed E-state index contributed by atoms with van der Waals surface area (Å²) in [6.45, 7) is 0. The van der Waals surface area contributed by atoms with Crippen molar-refractivity contribution in [1.29, 1.82) is 0 Å². The molecule has 3 nitrogen and oxygen atoms in total. The van der Waals surface area contributed by atoms with Crippen LogP contribution in [0.1, 0.15) is 0 Å². The van der Waals surface area contributed by atoms with Gasteiger partial charge in [0.25, 0.3) is 0 Å². The summed E-state index contributed by atoms with van der Waals surface area (Å²) in [5, 5.41) is 7.29. The number of rotatable bonds is 3. The molecule has 3 heteroatoms. The molecule has 3 heterocycles. The molecule has 9 aromatic rings. The third kappa shape index (κ3) is 3.25. The fraction of sp³-hybridized carbons (Fsp3) is 0. The molecular weight excluding hydrogens is 510 g/mol. The number of pyridine rings is 1. The van der Waals surface area contributed by atoms with Gasteiger partial charge in [0.2, 0.25) is 0 Å². The molecule has 0 aliphatic rings. The number of aromatic nitrogens is 3. The highest BCUT2D eigenvalue weighted by molar-refractivity contribution is 6.19. The molecule has 0 amide bonds. The average molecular weight is 536 g/mol. The van der Waals surface area contributed by atoms with Crippen molar-refractivity contribution < 1.29 is 0 Å². The van der Waals surface area contributed by atoms with Crippen LogP contribution < -0.4 is 0 Å². The number of fused-ring (bicyclic) bond motifs is 7. The van der Waals surface area contributed by atoms with E-state index in [2.05, 4.69) is 155 Å². The minimum atomic E-state index is 0.994. The van der Waals surface area contributed by atoms with Gasteiger partial charge in [-0.3, -0.25) is 4.98 Å². The average Bonchev–Trinajstić information content (AvgIpc) is 3.58. The van der Waals surface area contributed by atoms with Gasteiger partial charge in [-0.25, -0.2) is 0 Å². The van der Waals surface area contributed by atoms with Gasteiger partial charge in [-0.2, -0.15) is 0 Å². The summed E-state index contributed by atoms with van der Waals surface area (Å²) in [6, 6.07) is 52.1. The van der Waals surface area contributed by atoms with Crippen molar-refractivity contribution in [2.45, 2.75) is 0 Å². The Balaban J connectivity index is 1.43. The molecule has 0 unspecified atom stereocenters. The molecule has 0 radical (unpaired) electrons. The van der Waals surface area contributed by atoms with Crippen molar-refractivity contribution in [2.75, 3.05) is 0 Å². The van der Waals surface area contributed by atoms with Crippen LogP contribution in [0.3, 0.4) is 0 Å². The summed E-state index contributed by atoms with van der Waals surface area (Å²) in [6.07, 6.45) is 1.96. The quantitative estimate of drug-likeness (QED) is 0.221. The van der Waals surface area contributed by atoms with Crippen LogP contribution in [0.2, 0.25) is 0 Å². The Labute approximate surface area is 242 Å². The second-order valence-electron chi connectivity index (χ2n) is 10.8. The third-order valence-electron chi connectivity index (χ3n) is 8.54. The van der Waals surface area contributed by atoms with Crippen molar-refractivity contribution in [1.82, 2.24) is 14.1 Å². The molecule has 0 spiro atoms. The molecule has 0 fully saturated rings. The zero-order chi connectivity index (χ0) is 27.6. The largest absolute Gasteiger partial charge is 0.309 e. The van der Waals surface area contributed by atoms with Crippen LogP contribution >= 0.6 is 0 Å². The first-order valence-electron chi connectivity index (χ1n) is 14.3. The number of para-hydroxylation sites is 4. The van der Waals surface area contributed by atoms with Crippen LogP contribution in [0, 0.1) is 0 Å². The van der Waals surface area contributed by atoms with Gasteiger partial charge in [0.1, 0.15) is 0 Å². The lowest BCUT2D eigenvalue weighted by Gasteiger charge is -2.13. The van der Waals surface area contributed by atoms with E-state index < -0.39 is 0 Å². The number of benzene rings is 6. The Hall–Kier alpha value is -5.67. The van der Waals surface area contributed by atoms with E-state index in [9.17, 15) is 0 Å². The predicted molar refractivity (Wildman–Crippen MR) is 176 cm³/mol. The van der Waals surface area contributed by atoms with Crippen molar-refractivity contribution >= 4 is 54.4 Å². The van der Waals surface area contributed by atoms with Gasteiger partial charge in [0, 0.05) is 44.7 Å². The molecule has 0 aliphatic heterocycles. The van der Waals surface area contributed by atoms with E-state index in [4.69, 9.17) is 4.98 Å². The minimum absolute atomic E-state index is 0.994. The van der Waals surface area contributed by atoms with Crippen molar-refractivity contribution in [3.05, 3.63) is 152 Å². The molecular formula is C39H25N3. The minimum Gasteiger partial charge on any atom is -0.309 e. The molecule has 0 N–H and O–H groups in total. The molecule has 196 valence electrons. The van der Waals surface area contributed by atoms with Gasteiger partial charge in [-0.15, -0.1) is 0 Å². The lowest BCUT2D eigenvalue weighted by molar-refractivity contribution is 1.17. The summed E-state index contributed by atoms with van der Waals surface area (Å²) >= 11 is 0. The zero-order valence-electron chi connectivity index (χ0n) is 22.8. The molecule has 9 rings (SSSR count). The Morgan fingerprint density at radius 2 is 1.12 bits per heavy atom. The van der Waals surface area contributed by atoms with Crippen molar-refractivity contribution in [3.63, 3.8) is 0 Å². The Morgan fingerprint density at radius 1 is 0.429 bits per heavy atom. The summed E-state index contributed by atoms with van der Waals surface area (Å²) < 4.78 is 4.78. The molecule has 0 aliphatic carbocycles. The van der Waals surface area contributed by atoms with Crippen LogP contribution in [0.15, 0.2) is 152 Å². The van der Waals surface area contributed by atoms with E-state index in [0.717, 1.165) is 28.1 Å². The van der Waals surface area contributed by atoms with Crippen LogP contribution in [-0.2, 0) is 0 Å². The molecule has 0 atom stereocenters. The molecule has 0 saturated heterocycles. The second kappa shape index (κ2) is 8.92. The summed E-state index contributed by atoms with van der Waals surface area (Å²) in [4.78, 5) is 5.11. The lowest BCUT2D eigenvalue weighted by atomic mass is 10.0. The van der Waals surface area contributed by atoms with Crippen LogP contribution in [-0.4, -0.2) is 14.1 Å². The fourth-order valence-electron chi connectivity index (χ4n) is 6.77. The van der Waals surface area contributed by atoms with E-state index in [0.29, 0.717) is 0 Å². The van der Waals surface area contributed by atoms with Crippen LogP contribution in [0.25, 0.3) is 77.0 Å². The highest BCUT2D eigenvalue weighted by Gasteiger charge is 2.21. The molecule has 42 heavy (non-hydrogen) atoms. The Bertz CT molecular complexity index is 2460. The van der Waals surface area contributed by atoms with E-state index in [-0.39, 0.29) is 0 Å². The molecule has 0 bridgehead atoms. The SMILES string of the molecule is c1ccc(-n2c3ccccc3c3c(-c4cccc5c6ccccc6n(-c6ccc7ccccc7c6)c45)nccc32)cc1. The van der Waals surface area contributed by atoms with E-state index in [1.807, 2.05) is 6.20 Å². The second-order valence-corrected chi connectivity index (χ2v) is 10.8. The maximum absolute atomic E-state index is 5.11. The first-order chi connectivity index (χ1) is 20.9. The van der Waals surface area contributed by atoms with Gasteiger partial charge in [-0.05, 0) is 53.2 Å². The van der Waals surface area contributed by atoms with Gasteiger partial charge < -0.3 is 9.13 Å². The predicted octanol–water partition coefficient (Wildman–Crippen LogP) is 10.1. The van der Waals surface area contributed by atoms with Gasteiger partial charge in [0.05, 0.1) is 27.8 Å². The summed E-state index contributed by atoms with van der Waals surface area (Å²) in [5.41, 5.74) is 9.09. The topological polar surface area (TPSA) is 22.8 Å². The van der Waals surface area contributed by atoms with Crippen molar-refractivity contribution in [2.24, 2.45) is 0 Å². The highest BCUT2D eigenvalue weighted by Crippen LogP contribution is 2.42. The standard InChI is InChI=1S/C39H25N3/c1-2-13-28(14-3-1)41-35-20-9-7-16-32(35)37-36(41)23-24-40-38(37)33-18-10-17-31-30-15-6-8-19-34(30)42(39(31)33)29-22-21-26-11-4-5-12-27(26)25-29/h1-25H. The number of hydrogen-bond donors (Lipinski definition) is 0.